The van der Waals surface area contributed by atoms with E-state index in [1.807, 2.05) is 32.9 Å². The third-order valence-electron chi connectivity index (χ3n) is 6.54. The molecule has 1 amide bonds. The minimum atomic E-state index is -1.74. The fourth-order valence-electron chi connectivity index (χ4n) is 5.17. The molecule has 2 aliphatic heterocycles. The van der Waals surface area contributed by atoms with Crippen molar-refractivity contribution in [2.45, 2.75) is 51.1 Å². The van der Waals surface area contributed by atoms with Crippen LogP contribution in [0.2, 0.25) is 0 Å². The fraction of sp³-hybridized carbons (Fsp3) is 0.375. The van der Waals surface area contributed by atoms with E-state index >= 15 is 0 Å². The number of ether oxygens (including phenoxy) is 2. The van der Waals surface area contributed by atoms with Crippen molar-refractivity contribution in [1.29, 1.82) is 0 Å². The molecule has 2 aromatic rings. The lowest BCUT2D eigenvalue weighted by molar-refractivity contribution is -0.138. The Labute approximate surface area is 185 Å². The first kappa shape index (κ1) is 20.4. The number of fused-ring (bicyclic) bond motifs is 4. The van der Waals surface area contributed by atoms with Gasteiger partial charge in [0.1, 0.15) is 16.7 Å². The molecule has 1 aromatic carbocycles. The molecule has 0 saturated heterocycles. The predicted octanol–water partition coefficient (Wildman–Crippen LogP) is 2.27. The molecule has 3 heterocycles. The van der Waals surface area contributed by atoms with Crippen LogP contribution in [0.5, 0.6) is 5.75 Å². The molecule has 1 spiro atoms. The Hall–Kier alpha value is -3.55. The van der Waals surface area contributed by atoms with Gasteiger partial charge in [-0.3, -0.25) is 9.59 Å². The number of hydrogen-bond acceptors (Lipinski definition) is 6. The quantitative estimate of drug-likeness (QED) is 0.742. The summed E-state index contributed by atoms with van der Waals surface area (Å²) in [4.78, 5) is 42.9. The fourth-order valence-corrected chi connectivity index (χ4v) is 5.17. The molecular formula is C24H25N3O5. The van der Waals surface area contributed by atoms with Crippen molar-refractivity contribution < 1.29 is 19.1 Å². The van der Waals surface area contributed by atoms with Crippen molar-refractivity contribution in [3.63, 3.8) is 0 Å². The average Bonchev–Trinajstić information content (AvgIpc) is 3.53. The van der Waals surface area contributed by atoms with Gasteiger partial charge in [-0.15, -0.1) is 0 Å². The number of hydrogen-bond donors (Lipinski definition) is 1. The second kappa shape index (κ2) is 6.72. The van der Waals surface area contributed by atoms with Gasteiger partial charge in [-0.05, 0) is 39.7 Å². The molecule has 1 aliphatic carbocycles. The number of carbonyl (C=O) groups is 2. The van der Waals surface area contributed by atoms with Crippen molar-refractivity contribution >= 4 is 17.6 Å². The van der Waals surface area contributed by atoms with Crippen molar-refractivity contribution in [2.24, 2.45) is 5.73 Å². The maximum absolute atomic E-state index is 14.3. The van der Waals surface area contributed by atoms with Crippen LogP contribution in [-0.2, 0) is 19.7 Å². The zero-order valence-electron chi connectivity index (χ0n) is 18.5. The molecule has 1 atom stereocenters. The molecule has 1 unspecified atom stereocenters. The van der Waals surface area contributed by atoms with E-state index in [1.54, 1.807) is 27.7 Å². The lowest BCUT2D eigenvalue weighted by atomic mass is 9.68. The summed E-state index contributed by atoms with van der Waals surface area (Å²) in [6.07, 6.45) is 1.77. The van der Waals surface area contributed by atoms with Gasteiger partial charge in [-0.1, -0.05) is 18.2 Å². The topological polar surface area (TPSA) is 104 Å². The standard InChI is InChI=1S/C24H25N3O5/c1-12(2)26-16-8-6-5-7-15(16)24(23(26)30)18-17(32-20(25)19(24)22(29)31-4)11-13(3)27(21(18)28)14-9-10-14/h5-8,11-12,14H,9-10,25H2,1-4H3. The third kappa shape index (κ3) is 2.40. The number of nitrogens with two attached hydrogens (primary N) is 1. The van der Waals surface area contributed by atoms with Crippen LogP contribution in [0.1, 0.15) is 49.6 Å². The van der Waals surface area contributed by atoms with E-state index in [1.165, 1.54) is 7.11 Å². The Balaban J connectivity index is 1.96. The summed E-state index contributed by atoms with van der Waals surface area (Å²) in [6, 6.07) is 8.77. The monoisotopic (exact) mass is 435 g/mol. The SMILES string of the molecule is COC(=O)C1=C(N)Oc2cc(C)n(C3CC3)c(=O)c2C12C(=O)N(C(C)C)c1ccccc12. The summed E-state index contributed by atoms with van der Waals surface area (Å²) >= 11 is 0. The smallest absolute Gasteiger partial charge is 0.340 e. The van der Waals surface area contributed by atoms with Gasteiger partial charge < -0.3 is 24.7 Å². The van der Waals surface area contributed by atoms with Crippen molar-refractivity contribution in [2.75, 3.05) is 12.0 Å². The normalized spacial score (nSPS) is 21.7. The van der Waals surface area contributed by atoms with Crippen LogP contribution < -0.4 is 20.9 Å². The minimum absolute atomic E-state index is 0.0719. The van der Waals surface area contributed by atoms with Crippen molar-refractivity contribution in [3.05, 3.63) is 69.0 Å². The van der Waals surface area contributed by atoms with Gasteiger partial charge in [-0.25, -0.2) is 4.79 Å². The van der Waals surface area contributed by atoms with Crippen LogP contribution in [0.3, 0.4) is 0 Å². The molecule has 0 radical (unpaired) electrons. The first-order valence-corrected chi connectivity index (χ1v) is 10.7. The molecule has 3 aliphatic rings. The van der Waals surface area contributed by atoms with E-state index in [4.69, 9.17) is 15.2 Å². The van der Waals surface area contributed by atoms with Gasteiger partial charge in [0, 0.05) is 35.1 Å². The Bertz CT molecular complexity index is 1270. The second-order valence-electron chi connectivity index (χ2n) is 8.80. The van der Waals surface area contributed by atoms with Gasteiger partial charge in [0.25, 0.3) is 5.56 Å². The number of benzene rings is 1. The number of methoxy groups -OCH3 is 1. The molecule has 1 aromatic heterocycles. The number of carbonyl (C=O) groups excluding carboxylic acids is 2. The van der Waals surface area contributed by atoms with Crippen LogP contribution >= 0.6 is 0 Å². The summed E-state index contributed by atoms with van der Waals surface area (Å²) in [7, 11) is 1.22. The van der Waals surface area contributed by atoms with Crippen molar-refractivity contribution in [3.8, 4) is 5.75 Å². The van der Waals surface area contributed by atoms with Gasteiger partial charge in [0.15, 0.2) is 0 Å². The highest BCUT2D eigenvalue weighted by atomic mass is 16.5. The highest BCUT2D eigenvalue weighted by molar-refractivity contribution is 6.18. The van der Waals surface area contributed by atoms with Gasteiger partial charge in [0.2, 0.25) is 11.8 Å². The highest BCUT2D eigenvalue weighted by Gasteiger charge is 2.63. The summed E-state index contributed by atoms with van der Waals surface area (Å²) in [6.45, 7) is 5.60. The van der Waals surface area contributed by atoms with Gasteiger partial charge in [0.05, 0.1) is 12.7 Å². The molecule has 166 valence electrons. The maximum Gasteiger partial charge on any atom is 0.340 e. The lowest BCUT2D eigenvalue weighted by Crippen LogP contribution is -2.53. The average molecular weight is 435 g/mol. The van der Waals surface area contributed by atoms with E-state index in [2.05, 4.69) is 0 Å². The molecule has 0 bridgehead atoms. The van der Waals surface area contributed by atoms with Crippen LogP contribution in [0.4, 0.5) is 5.69 Å². The first-order valence-electron chi connectivity index (χ1n) is 10.7. The molecular weight excluding hydrogens is 410 g/mol. The first-order chi connectivity index (χ1) is 15.2. The summed E-state index contributed by atoms with van der Waals surface area (Å²) in [5.41, 5.74) is 6.00. The number of nitrogens with zero attached hydrogens (tertiary/aromatic N) is 2. The Kier molecular flexibility index (Phi) is 4.28. The minimum Gasteiger partial charge on any atom is -0.465 e. The van der Waals surface area contributed by atoms with E-state index in [9.17, 15) is 14.4 Å². The maximum atomic E-state index is 14.3. The number of amides is 1. The van der Waals surface area contributed by atoms with Crippen molar-refractivity contribution in [1.82, 2.24) is 4.57 Å². The number of aryl methyl sites for hydroxylation is 1. The Morgan fingerprint density at radius 2 is 1.94 bits per heavy atom. The van der Waals surface area contributed by atoms with Gasteiger partial charge in [-0.2, -0.15) is 0 Å². The zero-order valence-corrected chi connectivity index (χ0v) is 18.5. The van der Waals surface area contributed by atoms with Crippen LogP contribution in [0.25, 0.3) is 0 Å². The summed E-state index contributed by atoms with van der Waals surface area (Å²) < 4.78 is 12.5. The molecule has 2 N–H and O–H groups in total. The molecule has 1 saturated carbocycles. The number of anilines is 1. The highest BCUT2D eigenvalue weighted by Crippen LogP contribution is 2.55. The zero-order chi connectivity index (χ0) is 22.9. The molecule has 8 heteroatoms. The number of esters is 1. The second-order valence-corrected chi connectivity index (χ2v) is 8.80. The predicted molar refractivity (Wildman–Crippen MR) is 117 cm³/mol. The van der Waals surface area contributed by atoms with Crippen LogP contribution in [0.15, 0.2) is 46.6 Å². The van der Waals surface area contributed by atoms with E-state index in [0.717, 1.165) is 18.5 Å². The molecule has 1 fully saturated rings. The van der Waals surface area contributed by atoms with E-state index in [0.29, 0.717) is 11.3 Å². The van der Waals surface area contributed by atoms with Gasteiger partial charge >= 0.3 is 5.97 Å². The Morgan fingerprint density at radius 3 is 2.56 bits per heavy atom. The Morgan fingerprint density at radius 1 is 1.25 bits per heavy atom. The number of rotatable bonds is 3. The largest absolute Gasteiger partial charge is 0.465 e. The summed E-state index contributed by atoms with van der Waals surface area (Å²) in [5.74, 6) is -1.26. The van der Waals surface area contributed by atoms with Crippen LogP contribution in [0, 0.1) is 6.92 Å². The lowest BCUT2D eigenvalue weighted by Gasteiger charge is -2.36. The van der Waals surface area contributed by atoms with E-state index in [-0.39, 0.29) is 40.4 Å². The van der Waals surface area contributed by atoms with Crippen LogP contribution in [-0.4, -0.2) is 29.6 Å². The number of aromatic nitrogens is 1. The molecule has 8 nitrogen and oxygen atoms in total. The molecule has 32 heavy (non-hydrogen) atoms. The number of para-hydroxylation sites is 1. The third-order valence-corrected chi connectivity index (χ3v) is 6.54. The number of pyridine rings is 1. The summed E-state index contributed by atoms with van der Waals surface area (Å²) in [5, 5.41) is 0. The van der Waals surface area contributed by atoms with E-state index < -0.39 is 17.3 Å². The molecule has 5 rings (SSSR count).